The maximum Gasteiger partial charge on any atom is 0.250 e. The monoisotopic (exact) mass is 288 g/mol. The fourth-order valence-corrected chi connectivity index (χ4v) is 4.28. The summed E-state index contributed by atoms with van der Waals surface area (Å²) in [6, 6.07) is 3.00. The first-order chi connectivity index (χ1) is 7.99. The Hall–Kier alpha value is -0.760. The van der Waals surface area contributed by atoms with Gasteiger partial charge in [0.2, 0.25) is 0 Å². The van der Waals surface area contributed by atoms with Crippen LogP contribution in [0.4, 0.5) is 0 Å². The predicted molar refractivity (Wildman–Crippen MR) is 69.9 cm³/mol. The number of rotatable bonds is 4. The van der Waals surface area contributed by atoms with E-state index < -0.39 is 10.0 Å². The van der Waals surface area contributed by atoms with Gasteiger partial charge in [0, 0.05) is 5.38 Å². The summed E-state index contributed by atoms with van der Waals surface area (Å²) in [7, 11) is -3.42. The standard InChI is InChI=1S/C10H12N2O2S3/c1-7(9-6-16-8(2)11-9)12-17(13,14)10-4-3-5-15-10/h3-7,12H,1-2H3. The minimum Gasteiger partial charge on any atom is -0.245 e. The number of aryl methyl sites for hydroxylation is 1. The van der Waals surface area contributed by atoms with Gasteiger partial charge < -0.3 is 0 Å². The number of thiazole rings is 1. The molecule has 2 aromatic rings. The molecule has 0 aliphatic rings. The van der Waals surface area contributed by atoms with Gasteiger partial charge in [-0.2, -0.15) is 0 Å². The van der Waals surface area contributed by atoms with E-state index in [1.165, 1.54) is 22.7 Å². The molecule has 7 heteroatoms. The van der Waals surface area contributed by atoms with Gasteiger partial charge in [-0.1, -0.05) is 6.07 Å². The molecule has 0 saturated heterocycles. The summed E-state index contributed by atoms with van der Waals surface area (Å²) < 4.78 is 26.9. The van der Waals surface area contributed by atoms with E-state index in [1.54, 1.807) is 24.4 Å². The van der Waals surface area contributed by atoms with Gasteiger partial charge in [0.05, 0.1) is 16.7 Å². The van der Waals surface area contributed by atoms with E-state index in [1.807, 2.05) is 12.3 Å². The number of nitrogens with zero attached hydrogens (tertiary/aromatic N) is 1. The third-order valence-electron chi connectivity index (χ3n) is 2.17. The molecule has 1 N–H and O–H groups in total. The van der Waals surface area contributed by atoms with Gasteiger partial charge in [0.1, 0.15) is 4.21 Å². The van der Waals surface area contributed by atoms with Crippen LogP contribution in [0, 0.1) is 6.92 Å². The second kappa shape index (κ2) is 4.85. The van der Waals surface area contributed by atoms with Crippen LogP contribution in [0.1, 0.15) is 23.7 Å². The molecule has 2 aromatic heterocycles. The zero-order chi connectivity index (χ0) is 12.5. The van der Waals surface area contributed by atoms with Gasteiger partial charge in [0.25, 0.3) is 10.0 Å². The number of thiophene rings is 1. The third kappa shape index (κ3) is 2.92. The molecule has 1 atom stereocenters. The first-order valence-electron chi connectivity index (χ1n) is 4.97. The average Bonchev–Trinajstić information content (AvgIpc) is 2.86. The number of aromatic nitrogens is 1. The highest BCUT2D eigenvalue weighted by Gasteiger charge is 2.20. The van der Waals surface area contributed by atoms with Crippen molar-refractivity contribution < 1.29 is 8.42 Å². The molecule has 0 aliphatic carbocycles. The van der Waals surface area contributed by atoms with Crippen LogP contribution in [-0.2, 0) is 10.0 Å². The lowest BCUT2D eigenvalue weighted by Gasteiger charge is -2.10. The zero-order valence-corrected chi connectivity index (χ0v) is 11.8. The van der Waals surface area contributed by atoms with E-state index in [0.717, 1.165) is 10.7 Å². The maximum absolute atomic E-state index is 12.0. The average molecular weight is 288 g/mol. The Morgan fingerprint density at radius 1 is 1.41 bits per heavy atom. The fourth-order valence-electron chi connectivity index (χ4n) is 1.35. The lowest BCUT2D eigenvalue weighted by atomic mass is 10.3. The van der Waals surface area contributed by atoms with Gasteiger partial charge in [0.15, 0.2) is 0 Å². The topological polar surface area (TPSA) is 59.1 Å². The van der Waals surface area contributed by atoms with Crippen LogP contribution in [0.3, 0.4) is 0 Å². The van der Waals surface area contributed by atoms with Crippen molar-refractivity contribution in [2.24, 2.45) is 0 Å². The minimum absolute atomic E-state index is 0.313. The summed E-state index contributed by atoms with van der Waals surface area (Å²) in [4.78, 5) is 4.27. The van der Waals surface area contributed by atoms with Crippen LogP contribution < -0.4 is 4.72 Å². The quantitative estimate of drug-likeness (QED) is 0.940. The molecular weight excluding hydrogens is 276 g/mol. The van der Waals surface area contributed by atoms with E-state index in [2.05, 4.69) is 9.71 Å². The van der Waals surface area contributed by atoms with Gasteiger partial charge >= 0.3 is 0 Å². The van der Waals surface area contributed by atoms with Crippen molar-refractivity contribution >= 4 is 32.7 Å². The number of hydrogen-bond donors (Lipinski definition) is 1. The molecular formula is C10H12N2O2S3. The molecule has 17 heavy (non-hydrogen) atoms. The van der Waals surface area contributed by atoms with Crippen molar-refractivity contribution in [2.45, 2.75) is 24.1 Å². The molecule has 4 nitrogen and oxygen atoms in total. The SMILES string of the molecule is Cc1nc(C(C)NS(=O)(=O)c2cccs2)cs1. The van der Waals surface area contributed by atoms with Crippen molar-refractivity contribution in [1.29, 1.82) is 0 Å². The molecule has 2 rings (SSSR count). The zero-order valence-electron chi connectivity index (χ0n) is 9.38. The van der Waals surface area contributed by atoms with E-state index in [-0.39, 0.29) is 6.04 Å². The third-order valence-corrected chi connectivity index (χ3v) is 5.90. The van der Waals surface area contributed by atoms with E-state index in [4.69, 9.17) is 0 Å². The Morgan fingerprint density at radius 3 is 2.71 bits per heavy atom. The number of sulfonamides is 1. The van der Waals surface area contributed by atoms with Crippen molar-refractivity contribution in [3.8, 4) is 0 Å². The van der Waals surface area contributed by atoms with Gasteiger partial charge in [-0.3, -0.25) is 0 Å². The van der Waals surface area contributed by atoms with Gasteiger partial charge in [-0.05, 0) is 25.3 Å². The first kappa shape index (κ1) is 12.7. The molecule has 0 amide bonds. The van der Waals surface area contributed by atoms with E-state index in [9.17, 15) is 8.42 Å². The second-order valence-electron chi connectivity index (χ2n) is 3.57. The molecule has 0 saturated carbocycles. The molecule has 2 heterocycles. The van der Waals surface area contributed by atoms with E-state index >= 15 is 0 Å². The Kier molecular flexibility index (Phi) is 3.62. The van der Waals surface area contributed by atoms with Gasteiger partial charge in [-0.25, -0.2) is 18.1 Å². The number of hydrogen-bond acceptors (Lipinski definition) is 5. The van der Waals surface area contributed by atoms with Crippen LogP contribution >= 0.6 is 22.7 Å². The minimum atomic E-state index is -3.42. The van der Waals surface area contributed by atoms with Crippen molar-refractivity contribution in [1.82, 2.24) is 9.71 Å². The molecule has 1 unspecified atom stereocenters. The molecule has 0 fully saturated rings. The Labute approximate surface area is 108 Å². The highest BCUT2D eigenvalue weighted by Crippen LogP contribution is 2.21. The highest BCUT2D eigenvalue weighted by molar-refractivity contribution is 7.91. The van der Waals surface area contributed by atoms with Crippen LogP contribution in [0.15, 0.2) is 27.1 Å². The van der Waals surface area contributed by atoms with Gasteiger partial charge in [-0.15, -0.1) is 22.7 Å². The molecule has 0 aliphatic heterocycles. The maximum atomic E-state index is 12.0. The normalized spacial score (nSPS) is 13.8. The molecule has 92 valence electrons. The first-order valence-corrected chi connectivity index (χ1v) is 8.21. The summed E-state index contributed by atoms with van der Waals surface area (Å²) in [6.07, 6.45) is 0. The Bertz CT molecular complexity index is 587. The van der Waals surface area contributed by atoms with Crippen LogP contribution in [0.5, 0.6) is 0 Å². The second-order valence-corrected chi connectivity index (χ2v) is 7.52. The van der Waals surface area contributed by atoms with Crippen LogP contribution in [0.25, 0.3) is 0 Å². The molecule has 0 spiro atoms. The van der Waals surface area contributed by atoms with Crippen molar-refractivity contribution in [3.05, 3.63) is 33.6 Å². The van der Waals surface area contributed by atoms with Crippen LogP contribution in [0.2, 0.25) is 0 Å². The summed E-state index contributed by atoms with van der Waals surface area (Å²) >= 11 is 2.72. The highest BCUT2D eigenvalue weighted by atomic mass is 32.2. The lowest BCUT2D eigenvalue weighted by molar-refractivity contribution is 0.566. The van der Waals surface area contributed by atoms with Crippen LogP contribution in [-0.4, -0.2) is 13.4 Å². The number of nitrogens with one attached hydrogen (secondary N) is 1. The summed E-state index contributed by atoms with van der Waals surface area (Å²) in [5, 5.41) is 4.55. The molecule has 0 bridgehead atoms. The Morgan fingerprint density at radius 2 is 2.18 bits per heavy atom. The Balaban J connectivity index is 2.17. The summed E-state index contributed by atoms with van der Waals surface area (Å²) in [5.74, 6) is 0. The van der Waals surface area contributed by atoms with E-state index in [0.29, 0.717) is 4.21 Å². The smallest absolute Gasteiger partial charge is 0.245 e. The summed E-state index contributed by atoms with van der Waals surface area (Å²) in [6.45, 7) is 3.69. The molecule has 0 radical (unpaired) electrons. The van der Waals surface area contributed by atoms with Crippen molar-refractivity contribution in [3.63, 3.8) is 0 Å². The lowest BCUT2D eigenvalue weighted by Crippen LogP contribution is -2.26. The summed E-state index contributed by atoms with van der Waals surface area (Å²) in [5.41, 5.74) is 0.757. The predicted octanol–water partition coefficient (Wildman–Crippen LogP) is 2.55. The largest absolute Gasteiger partial charge is 0.250 e. The molecule has 0 aromatic carbocycles. The fraction of sp³-hybridized carbons (Fsp3) is 0.300. The van der Waals surface area contributed by atoms with Crippen molar-refractivity contribution in [2.75, 3.05) is 0 Å².